The smallest absolute Gasteiger partial charge is 0.0154 e. The van der Waals surface area contributed by atoms with Crippen molar-refractivity contribution >= 4 is 0 Å². The molecule has 0 spiro atoms. The molecule has 1 aliphatic carbocycles. The maximum atomic E-state index is 6.40. The van der Waals surface area contributed by atoms with Crippen molar-refractivity contribution in [3.63, 3.8) is 0 Å². The number of nitrogens with zero attached hydrogens (tertiary/aromatic N) is 1. The largest absolute Gasteiger partial charge is 0.325 e. The fourth-order valence-electron chi connectivity index (χ4n) is 3.33. The molecule has 1 unspecified atom stereocenters. The summed E-state index contributed by atoms with van der Waals surface area (Å²) in [6.07, 6.45) is 10.7. The van der Waals surface area contributed by atoms with E-state index in [9.17, 15) is 0 Å². The first-order valence-corrected chi connectivity index (χ1v) is 6.65. The summed E-state index contributed by atoms with van der Waals surface area (Å²) < 4.78 is 0. The summed E-state index contributed by atoms with van der Waals surface area (Å²) in [4.78, 5) is 2.48. The molecule has 2 N–H and O–H groups in total. The van der Waals surface area contributed by atoms with Crippen LogP contribution in [0.3, 0.4) is 0 Å². The molecule has 1 atom stereocenters. The first kappa shape index (κ1) is 11.4. The molecular weight excluding hydrogens is 184 g/mol. The van der Waals surface area contributed by atoms with Crippen LogP contribution >= 0.6 is 0 Å². The van der Waals surface area contributed by atoms with Crippen molar-refractivity contribution in [1.82, 2.24) is 4.90 Å². The molecule has 88 valence electrons. The molecule has 0 aromatic carbocycles. The number of hydrogen-bond acceptors (Lipinski definition) is 2. The lowest BCUT2D eigenvalue weighted by Gasteiger charge is -2.32. The number of nitrogens with two attached hydrogens (primary N) is 1. The third-order valence-corrected chi connectivity index (χ3v) is 4.37. The topological polar surface area (TPSA) is 29.3 Å². The van der Waals surface area contributed by atoms with E-state index in [0.717, 1.165) is 5.92 Å². The molecule has 0 bridgehead atoms. The number of hydrogen-bond donors (Lipinski definition) is 1. The van der Waals surface area contributed by atoms with Gasteiger partial charge in [-0.3, -0.25) is 0 Å². The van der Waals surface area contributed by atoms with E-state index in [1.54, 1.807) is 0 Å². The predicted octanol–water partition coefficient (Wildman–Crippen LogP) is 2.38. The Bertz CT molecular complexity index is 197. The zero-order valence-corrected chi connectivity index (χ0v) is 10.2. The van der Waals surface area contributed by atoms with Crippen LogP contribution in [0.5, 0.6) is 0 Å². The Kier molecular flexibility index (Phi) is 3.68. The van der Waals surface area contributed by atoms with Gasteiger partial charge in [0, 0.05) is 12.1 Å². The van der Waals surface area contributed by atoms with Gasteiger partial charge >= 0.3 is 0 Å². The van der Waals surface area contributed by atoms with Crippen molar-refractivity contribution < 1.29 is 0 Å². The van der Waals surface area contributed by atoms with Crippen molar-refractivity contribution in [2.75, 3.05) is 20.1 Å². The van der Waals surface area contributed by atoms with E-state index >= 15 is 0 Å². The minimum Gasteiger partial charge on any atom is -0.325 e. The fraction of sp³-hybridized carbons (Fsp3) is 1.00. The van der Waals surface area contributed by atoms with Gasteiger partial charge in [0.2, 0.25) is 0 Å². The normalized spacial score (nSPS) is 32.0. The van der Waals surface area contributed by atoms with E-state index in [-0.39, 0.29) is 5.54 Å². The summed E-state index contributed by atoms with van der Waals surface area (Å²) in [6.45, 7) is 2.60. The second-order valence-electron chi connectivity index (χ2n) is 5.88. The summed E-state index contributed by atoms with van der Waals surface area (Å²) >= 11 is 0. The van der Waals surface area contributed by atoms with Gasteiger partial charge in [0.15, 0.2) is 0 Å². The molecule has 1 saturated carbocycles. The van der Waals surface area contributed by atoms with Crippen molar-refractivity contribution in [1.29, 1.82) is 0 Å². The van der Waals surface area contributed by atoms with Crippen LogP contribution in [-0.4, -0.2) is 30.6 Å². The van der Waals surface area contributed by atoms with Crippen molar-refractivity contribution in [3.8, 4) is 0 Å². The van der Waals surface area contributed by atoms with Gasteiger partial charge in [-0.25, -0.2) is 0 Å². The van der Waals surface area contributed by atoms with Crippen LogP contribution in [0.2, 0.25) is 0 Å². The van der Waals surface area contributed by atoms with E-state index in [0.29, 0.717) is 0 Å². The molecule has 0 aromatic rings. The van der Waals surface area contributed by atoms with Crippen molar-refractivity contribution in [3.05, 3.63) is 0 Å². The Morgan fingerprint density at radius 2 is 2.00 bits per heavy atom. The zero-order valence-electron chi connectivity index (χ0n) is 10.2. The summed E-state index contributed by atoms with van der Waals surface area (Å²) in [5, 5.41) is 0. The van der Waals surface area contributed by atoms with Crippen LogP contribution in [-0.2, 0) is 0 Å². The highest BCUT2D eigenvalue weighted by Gasteiger charge is 2.30. The van der Waals surface area contributed by atoms with Crippen LogP contribution in [0, 0.1) is 5.92 Å². The Hall–Kier alpha value is -0.0800. The van der Waals surface area contributed by atoms with E-state index in [1.165, 1.54) is 64.5 Å². The maximum absolute atomic E-state index is 6.40. The Balaban J connectivity index is 1.72. The molecule has 2 nitrogen and oxygen atoms in total. The lowest BCUT2D eigenvalue weighted by atomic mass is 9.85. The van der Waals surface area contributed by atoms with Crippen LogP contribution < -0.4 is 5.73 Å². The molecule has 2 rings (SSSR count). The molecule has 15 heavy (non-hydrogen) atoms. The third kappa shape index (κ3) is 3.18. The Labute approximate surface area is 94.2 Å². The van der Waals surface area contributed by atoms with Gasteiger partial charge in [-0.05, 0) is 58.0 Å². The second-order valence-corrected chi connectivity index (χ2v) is 5.88. The van der Waals surface area contributed by atoms with Crippen molar-refractivity contribution in [2.45, 2.75) is 56.9 Å². The molecule has 0 amide bonds. The highest BCUT2D eigenvalue weighted by Crippen LogP contribution is 2.33. The first-order valence-electron chi connectivity index (χ1n) is 6.65. The molecule has 0 radical (unpaired) electrons. The van der Waals surface area contributed by atoms with E-state index in [4.69, 9.17) is 5.73 Å². The Morgan fingerprint density at radius 3 is 2.67 bits per heavy atom. The molecule has 0 aromatic heterocycles. The van der Waals surface area contributed by atoms with Crippen LogP contribution in [0.25, 0.3) is 0 Å². The third-order valence-electron chi connectivity index (χ3n) is 4.37. The van der Waals surface area contributed by atoms with E-state index < -0.39 is 0 Å². The lowest BCUT2D eigenvalue weighted by molar-refractivity contribution is 0.190. The average molecular weight is 210 g/mol. The Morgan fingerprint density at radius 1 is 1.27 bits per heavy atom. The molecule has 1 aliphatic heterocycles. The monoisotopic (exact) mass is 210 g/mol. The van der Waals surface area contributed by atoms with Gasteiger partial charge in [0.1, 0.15) is 0 Å². The van der Waals surface area contributed by atoms with Crippen LogP contribution in [0.1, 0.15) is 51.4 Å². The summed E-state index contributed by atoms with van der Waals surface area (Å²) in [5.74, 6) is 0.921. The van der Waals surface area contributed by atoms with Crippen molar-refractivity contribution in [2.24, 2.45) is 11.7 Å². The van der Waals surface area contributed by atoms with Crippen LogP contribution in [0.15, 0.2) is 0 Å². The van der Waals surface area contributed by atoms with Gasteiger partial charge in [0.05, 0.1) is 0 Å². The summed E-state index contributed by atoms with van der Waals surface area (Å²) in [7, 11) is 2.25. The minimum atomic E-state index is 0.218. The zero-order chi connectivity index (χ0) is 10.7. The molecule has 1 saturated heterocycles. The number of likely N-dealkylation sites (tertiary alicyclic amines) is 1. The maximum Gasteiger partial charge on any atom is 0.0154 e. The standard InChI is InChI=1S/C13H26N2/c1-15-10-4-5-12(11-15)6-9-13(14)7-2-3-8-13/h12H,2-11,14H2,1H3. The quantitative estimate of drug-likeness (QED) is 0.775. The van der Waals surface area contributed by atoms with E-state index in [1.807, 2.05) is 0 Å². The van der Waals surface area contributed by atoms with Gasteiger partial charge in [-0.15, -0.1) is 0 Å². The number of piperidine rings is 1. The van der Waals surface area contributed by atoms with Gasteiger partial charge in [-0.1, -0.05) is 12.8 Å². The van der Waals surface area contributed by atoms with Gasteiger partial charge < -0.3 is 10.6 Å². The van der Waals surface area contributed by atoms with E-state index in [2.05, 4.69) is 11.9 Å². The minimum absolute atomic E-state index is 0.218. The predicted molar refractivity (Wildman–Crippen MR) is 64.8 cm³/mol. The second kappa shape index (κ2) is 4.84. The molecular formula is C13H26N2. The molecule has 1 heterocycles. The average Bonchev–Trinajstić information content (AvgIpc) is 2.63. The van der Waals surface area contributed by atoms with Gasteiger partial charge in [-0.2, -0.15) is 0 Å². The molecule has 2 fully saturated rings. The highest BCUT2D eigenvalue weighted by atomic mass is 15.1. The fourth-order valence-corrected chi connectivity index (χ4v) is 3.33. The summed E-state index contributed by atoms with van der Waals surface area (Å²) in [5.41, 5.74) is 6.62. The summed E-state index contributed by atoms with van der Waals surface area (Å²) in [6, 6.07) is 0. The first-order chi connectivity index (χ1) is 7.18. The molecule has 2 heteroatoms. The number of rotatable bonds is 3. The highest BCUT2D eigenvalue weighted by molar-refractivity contribution is 4.90. The molecule has 2 aliphatic rings. The van der Waals surface area contributed by atoms with Gasteiger partial charge in [0.25, 0.3) is 0 Å². The lowest BCUT2D eigenvalue weighted by Crippen LogP contribution is -2.38. The SMILES string of the molecule is CN1CCCC(CCC2(N)CCCC2)C1. The van der Waals surface area contributed by atoms with Crippen LogP contribution in [0.4, 0.5) is 0 Å².